The molecule has 8 heteroatoms. The van der Waals surface area contributed by atoms with Crippen molar-refractivity contribution in [2.24, 2.45) is 0 Å². The van der Waals surface area contributed by atoms with Crippen LogP contribution >= 0.6 is 11.6 Å². The molecule has 1 aliphatic rings. The molecule has 7 nitrogen and oxygen atoms in total. The Morgan fingerprint density at radius 3 is 2.54 bits per heavy atom. The standard InChI is InChI=1S/C29H30ClN3O4/c1-37-23-13-7-12-22(19-23)27(34)32-26(21-10-3-2-4-11-21)29(36)33-18-8-15-25(33)28(35)31-17-16-20-9-5-6-14-24(20)30/h2-7,9-14,19,25-26H,8,15-18H2,1H3,(H,31,35)(H,32,34)/t25-,26-/m0/s1. The maximum absolute atomic E-state index is 13.8. The second-order valence-electron chi connectivity index (χ2n) is 8.87. The highest BCUT2D eigenvalue weighted by molar-refractivity contribution is 6.31. The number of hydrogen-bond acceptors (Lipinski definition) is 4. The summed E-state index contributed by atoms with van der Waals surface area (Å²) in [6, 6.07) is 21.8. The van der Waals surface area contributed by atoms with Gasteiger partial charge in [-0.15, -0.1) is 0 Å². The van der Waals surface area contributed by atoms with Crippen molar-refractivity contribution in [3.8, 4) is 5.75 Å². The summed E-state index contributed by atoms with van der Waals surface area (Å²) in [6.45, 7) is 0.857. The number of ether oxygens (including phenoxy) is 1. The van der Waals surface area contributed by atoms with Gasteiger partial charge in [-0.25, -0.2) is 0 Å². The van der Waals surface area contributed by atoms with Crippen molar-refractivity contribution in [2.75, 3.05) is 20.2 Å². The fourth-order valence-corrected chi connectivity index (χ4v) is 4.75. The number of carbonyl (C=O) groups is 3. The Labute approximate surface area is 221 Å². The molecule has 1 aliphatic heterocycles. The van der Waals surface area contributed by atoms with Crippen LogP contribution in [0.15, 0.2) is 78.9 Å². The smallest absolute Gasteiger partial charge is 0.252 e. The summed E-state index contributed by atoms with van der Waals surface area (Å²) in [5, 5.41) is 6.49. The van der Waals surface area contributed by atoms with Gasteiger partial charge in [0.2, 0.25) is 11.8 Å². The SMILES string of the molecule is COc1cccc(C(=O)N[C@H](C(=O)N2CCC[C@H]2C(=O)NCCc2ccccc2Cl)c2ccccc2)c1. The van der Waals surface area contributed by atoms with Crippen LogP contribution in [0.25, 0.3) is 0 Å². The van der Waals surface area contributed by atoms with Crippen LogP contribution in [-0.2, 0) is 16.0 Å². The first-order valence-corrected chi connectivity index (χ1v) is 12.7. The van der Waals surface area contributed by atoms with Crippen LogP contribution in [0.2, 0.25) is 5.02 Å². The number of nitrogens with one attached hydrogen (secondary N) is 2. The fourth-order valence-electron chi connectivity index (χ4n) is 4.52. The zero-order chi connectivity index (χ0) is 26.2. The van der Waals surface area contributed by atoms with E-state index in [1.165, 1.54) is 7.11 Å². The zero-order valence-electron chi connectivity index (χ0n) is 20.7. The van der Waals surface area contributed by atoms with Gasteiger partial charge in [0.25, 0.3) is 5.91 Å². The molecule has 192 valence electrons. The molecule has 2 N–H and O–H groups in total. The first-order valence-electron chi connectivity index (χ1n) is 12.3. The molecular formula is C29H30ClN3O4. The van der Waals surface area contributed by atoms with E-state index in [4.69, 9.17) is 16.3 Å². The first kappa shape index (κ1) is 26.2. The number of carbonyl (C=O) groups excluding carboxylic acids is 3. The van der Waals surface area contributed by atoms with Crippen LogP contribution in [0.5, 0.6) is 5.75 Å². The number of benzene rings is 3. The molecule has 1 fully saturated rings. The minimum Gasteiger partial charge on any atom is -0.497 e. The van der Waals surface area contributed by atoms with E-state index in [1.807, 2.05) is 42.5 Å². The molecule has 3 aromatic carbocycles. The summed E-state index contributed by atoms with van der Waals surface area (Å²) in [7, 11) is 1.53. The number of rotatable bonds is 9. The molecule has 3 aromatic rings. The first-order chi connectivity index (χ1) is 18.0. The monoisotopic (exact) mass is 519 g/mol. The molecule has 0 saturated carbocycles. The molecule has 0 aromatic heterocycles. The largest absolute Gasteiger partial charge is 0.497 e. The van der Waals surface area contributed by atoms with E-state index in [9.17, 15) is 14.4 Å². The van der Waals surface area contributed by atoms with Gasteiger partial charge in [0.1, 0.15) is 17.8 Å². The van der Waals surface area contributed by atoms with Crippen LogP contribution in [-0.4, -0.2) is 48.9 Å². The number of methoxy groups -OCH3 is 1. The van der Waals surface area contributed by atoms with Crippen LogP contribution < -0.4 is 15.4 Å². The van der Waals surface area contributed by atoms with Gasteiger partial charge in [0.15, 0.2) is 0 Å². The van der Waals surface area contributed by atoms with E-state index in [-0.39, 0.29) is 11.8 Å². The summed E-state index contributed by atoms with van der Waals surface area (Å²) in [6.07, 6.45) is 1.87. The molecule has 4 rings (SSSR count). The Balaban J connectivity index is 1.47. The van der Waals surface area contributed by atoms with Crippen LogP contribution in [0.3, 0.4) is 0 Å². The molecule has 1 saturated heterocycles. The van der Waals surface area contributed by atoms with Crippen molar-refractivity contribution in [1.29, 1.82) is 0 Å². The average molecular weight is 520 g/mol. The minimum atomic E-state index is -0.934. The quantitative estimate of drug-likeness (QED) is 0.444. The van der Waals surface area contributed by atoms with Gasteiger partial charge in [-0.05, 0) is 54.7 Å². The number of halogens is 1. The Hall–Kier alpha value is -3.84. The molecule has 2 atom stereocenters. The lowest BCUT2D eigenvalue weighted by Gasteiger charge is -2.29. The maximum atomic E-state index is 13.8. The van der Waals surface area contributed by atoms with Gasteiger partial charge < -0.3 is 20.3 Å². The van der Waals surface area contributed by atoms with E-state index in [0.29, 0.717) is 54.3 Å². The van der Waals surface area contributed by atoms with Gasteiger partial charge in [0, 0.05) is 23.7 Å². The van der Waals surface area contributed by atoms with Crippen LogP contribution in [0.1, 0.15) is 40.4 Å². The third-order valence-corrected chi connectivity index (χ3v) is 6.85. The number of hydrogen-bond donors (Lipinski definition) is 2. The summed E-state index contributed by atoms with van der Waals surface area (Å²) < 4.78 is 5.22. The molecule has 37 heavy (non-hydrogen) atoms. The van der Waals surface area contributed by atoms with E-state index < -0.39 is 18.0 Å². The van der Waals surface area contributed by atoms with E-state index in [1.54, 1.807) is 41.3 Å². The second kappa shape index (κ2) is 12.4. The average Bonchev–Trinajstić information content (AvgIpc) is 3.43. The van der Waals surface area contributed by atoms with Crippen molar-refractivity contribution < 1.29 is 19.1 Å². The minimum absolute atomic E-state index is 0.205. The molecule has 0 aliphatic carbocycles. The highest BCUT2D eigenvalue weighted by Crippen LogP contribution is 2.25. The number of likely N-dealkylation sites (tertiary alicyclic amines) is 1. The molecule has 3 amide bonds. The van der Waals surface area contributed by atoms with E-state index >= 15 is 0 Å². The summed E-state index contributed by atoms with van der Waals surface area (Å²) in [5.41, 5.74) is 1.98. The Bertz CT molecular complexity index is 1250. The molecular weight excluding hydrogens is 490 g/mol. The topological polar surface area (TPSA) is 87.7 Å². The maximum Gasteiger partial charge on any atom is 0.252 e. The van der Waals surface area contributed by atoms with E-state index in [0.717, 1.165) is 5.56 Å². The van der Waals surface area contributed by atoms with Gasteiger partial charge in [-0.3, -0.25) is 14.4 Å². The summed E-state index contributed by atoms with van der Waals surface area (Å²) >= 11 is 6.22. The Kier molecular flexibility index (Phi) is 8.80. The van der Waals surface area contributed by atoms with Crippen molar-refractivity contribution in [2.45, 2.75) is 31.3 Å². The molecule has 1 heterocycles. The van der Waals surface area contributed by atoms with Crippen LogP contribution in [0, 0.1) is 0 Å². The van der Waals surface area contributed by atoms with Gasteiger partial charge in [-0.1, -0.05) is 66.2 Å². The van der Waals surface area contributed by atoms with Gasteiger partial charge in [0.05, 0.1) is 7.11 Å². The third-order valence-electron chi connectivity index (χ3n) is 6.48. The Morgan fingerprint density at radius 1 is 1.03 bits per heavy atom. The van der Waals surface area contributed by atoms with Crippen molar-refractivity contribution in [3.05, 3.63) is 101 Å². The molecule has 0 spiro atoms. The highest BCUT2D eigenvalue weighted by atomic mass is 35.5. The fraction of sp³-hybridized carbons (Fsp3) is 0.276. The lowest BCUT2D eigenvalue weighted by Crippen LogP contribution is -2.50. The van der Waals surface area contributed by atoms with Crippen molar-refractivity contribution >= 4 is 29.3 Å². The Morgan fingerprint density at radius 2 is 1.78 bits per heavy atom. The van der Waals surface area contributed by atoms with Crippen molar-refractivity contribution in [3.63, 3.8) is 0 Å². The van der Waals surface area contributed by atoms with Crippen LogP contribution in [0.4, 0.5) is 0 Å². The van der Waals surface area contributed by atoms with Gasteiger partial charge in [-0.2, -0.15) is 0 Å². The molecule has 0 bridgehead atoms. The lowest BCUT2D eigenvalue weighted by atomic mass is 10.0. The van der Waals surface area contributed by atoms with Gasteiger partial charge >= 0.3 is 0 Å². The normalized spacial score (nSPS) is 15.6. The third kappa shape index (κ3) is 6.49. The predicted molar refractivity (Wildman–Crippen MR) is 143 cm³/mol. The number of amides is 3. The number of nitrogens with zero attached hydrogens (tertiary/aromatic N) is 1. The van der Waals surface area contributed by atoms with E-state index in [2.05, 4.69) is 10.6 Å². The molecule has 0 unspecified atom stereocenters. The zero-order valence-corrected chi connectivity index (χ0v) is 21.4. The summed E-state index contributed by atoms with van der Waals surface area (Å²) in [4.78, 5) is 41.5. The predicted octanol–water partition coefficient (Wildman–Crippen LogP) is 4.17. The summed E-state index contributed by atoms with van der Waals surface area (Å²) in [5.74, 6) is -0.376. The van der Waals surface area contributed by atoms with Crippen molar-refractivity contribution in [1.82, 2.24) is 15.5 Å². The molecule has 0 radical (unpaired) electrons. The highest BCUT2D eigenvalue weighted by Gasteiger charge is 2.38. The second-order valence-corrected chi connectivity index (χ2v) is 9.28. The lowest BCUT2D eigenvalue weighted by molar-refractivity contribution is -0.140.